The number of benzene rings is 4. The van der Waals surface area contributed by atoms with E-state index in [2.05, 4.69) is 5.32 Å². The van der Waals surface area contributed by atoms with Crippen molar-refractivity contribution in [3.63, 3.8) is 0 Å². The molecular formula is C36H33Cl2N3O5. The summed E-state index contributed by atoms with van der Waals surface area (Å²) in [5.41, 5.74) is 5.54. The average Bonchev–Trinajstić information content (AvgIpc) is 3.43. The lowest BCUT2D eigenvalue weighted by Crippen LogP contribution is -2.27. The summed E-state index contributed by atoms with van der Waals surface area (Å²) in [6, 6.07) is 26.2. The summed E-state index contributed by atoms with van der Waals surface area (Å²) < 4.78 is 17.8. The van der Waals surface area contributed by atoms with Crippen molar-refractivity contribution in [2.45, 2.75) is 32.9 Å². The van der Waals surface area contributed by atoms with Crippen LogP contribution in [-0.2, 0) is 16.0 Å². The lowest BCUT2D eigenvalue weighted by Gasteiger charge is -2.20. The lowest BCUT2D eigenvalue weighted by atomic mass is 10.0. The molecule has 1 amide bonds. The molecule has 0 atom stereocenters. The Morgan fingerprint density at radius 1 is 0.848 bits per heavy atom. The molecule has 0 saturated carbocycles. The van der Waals surface area contributed by atoms with Gasteiger partial charge in [0.25, 0.3) is 0 Å². The minimum atomic E-state index is -0.620. The molecule has 0 fully saturated rings. The second-order valence-electron chi connectivity index (χ2n) is 11.5. The van der Waals surface area contributed by atoms with E-state index in [0.29, 0.717) is 39.3 Å². The quantitative estimate of drug-likeness (QED) is 0.167. The van der Waals surface area contributed by atoms with Gasteiger partial charge in [0.2, 0.25) is 0 Å². The van der Waals surface area contributed by atoms with Gasteiger partial charge < -0.3 is 18.8 Å². The summed E-state index contributed by atoms with van der Waals surface area (Å²) in [5, 5.41) is 3.79. The Bertz CT molecular complexity index is 1880. The Balaban J connectivity index is 1.46. The van der Waals surface area contributed by atoms with E-state index in [1.165, 1.54) is 7.11 Å². The number of nitrogens with one attached hydrogen (secondary N) is 1. The van der Waals surface area contributed by atoms with Gasteiger partial charge >= 0.3 is 12.1 Å². The molecule has 1 heterocycles. The Hall–Kier alpha value is -4.79. The molecule has 0 spiro atoms. The summed E-state index contributed by atoms with van der Waals surface area (Å²) in [6.07, 6.45) is 1.39. The van der Waals surface area contributed by atoms with Gasteiger partial charge in [-0.25, -0.2) is 14.6 Å². The highest BCUT2D eigenvalue weighted by Crippen LogP contribution is 2.35. The van der Waals surface area contributed by atoms with Crippen molar-refractivity contribution >= 4 is 41.0 Å². The number of nitrogens with zero attached hydrogens (tertiary/aromatic N) is 2. The zero-order valence-corrected chi connectivity index (χ0v) is 27.6. The third kappa shape index (κ3) is 7.70. The zero-order valence-electron chi connectivity index (χ0n) is 26.1. The van der Waals surface area contributed by atoms with Gasteiger partial charge in [-0.3, -0.25) is 5.32 Å². The molecule has 8 nitrogen and oxygen atoms in total. The van der Waals surface area contributed by atoms with Crippen molar-refractivity contribution in [1.29, 1.82) is 0 Å². The van der Waals surface area contributed by atoms with Gasteiger partial charge in [-0.1, -0.05) is 65.7 Å². The maximum absolute atomic E-state index is 12.3. The van der Waals surface area contributed by atoms with E-state index in [-0.39, 0.29) is 5.97 Å². The second-order valence-corrected chi connectivity index (χ2v) is 12.4. The number of imidazole rings is 1. The number of rotatable bonds is 8. The van der Waals surface area contributed by atoms with E-state index in [9.17, 15) is 9.59 Å². The largest absolute Gasteiger partial charge is 0.495 e. The Morgan fingerprint density at radius 3 is 2.15 bits per heavy atom. The van der Waals surface area contributed by atoms with Crippen molar-refractivity contribution in [2.75, 3.05) is 19.5 Å². The maximum atomic E-state index is 12.3. The van der Waals surface area contributed by atoms with Crippen LogP contribution >= 0.6 is 23.2 Å². The number of esters is 1. The molecule has 0 radical (unpaired) electrons. The van der Waals surface area contributed by atoms with Gasteiger partial charge in [-0.05, 0) is 79.9 Å². The molecule has 0 unspecified atom stereocenters. The first-order valence-corrected chi connectivity index (χ1v) is 15.2. The highest BCUT2D eigenvalue weighted by atomic mass is 35.5. The SMILES string of the molecule is COC(=O)c1ccc(Cn2cc(-c3ccc(Cl)cc3Cl)nc2-c2ccc(-c3ccc(NC(=O)OC(C)(C)C)c(OC)c3)cc2)cc1. The number of ether oxygens (including phenoxy) is 3. The van der Waals surface area contributed by atoms with Crippen LogP contribution in [0.15, 0.2) is 91.1 Å². The minimum Gasteiger partial charge on any atom is -0.495 e. The van der Waals surface area contributed by atoms with Crippen LogP contribution in [0.4, 0.5) is 10.5 Å². The van der Waals surface area contributed by atoms with Gasteiger partial charge in [-0.15, -0.1) is 0 Å². The molecular weight excluding hydrogens is 625 g/mol. The normalized spacial score (nSPS) is 11.2. The number of amides is 1. The molecule has 236 valence electrons. The van der Waals surface area contributed by atoms with Crippen LogP contribution < -0.4 is 10.1 Å². The first-order chi connectivity index (χ1) is 21.9. The summed E-state index contributed by atoms with van der Waals surface area (Å²) in [6.45, 7) is 5.92. The molecule has 0 aliphatic rings. The topological polar surface area (TPSA) is 91.7 Å². The monoisotopic (exact) mass is 657 g/mol. The van der Waals surface area contributed by atoms with Crippen LogP contribution in [0.2, 0.25) is 10.0 Å². The maximum Gasteiger partial charge on any atom is 0.412 e. The average molecular weight is 659 g/mol. The van der Waals surface area contributed by atoms with Gasteiger partial charge in [0.15, 0.2) is 0 Å². The highest BCUT2D eigenvalue weighted by molar-refractivity contribution is 6.36. The third-order valence-electron chi connectivity index (χ3n) is 7.03. The number of halogens is 2. The molecule has 5 rings (SSSR count). The van der Waals surface area contributed by atoms with Gasteiger partial charge in [-0.2, -0.15) is 0 Å². The van der Waals surface area contributed by atoms with Gasteiger partial charge in [0, 0.05) is 28.9 Å². The standard InChI is InChI=1S/C36H33Cl2N3O5/c1-36(2,3)46-35(43)40-30-17-14-26(18-32(30)44-4)23-10-12-24(13-11-23)33-39-31(28-16-15-27(37)19-29(28)38)21-41(33)20-22-6-8-25(9-7-22)34(42)45-5/h6-19,21H,20H2,1-5H3,(H,40,43). The van der Waals surface area contributed by atoms with Crippen molar-refractivity contribution in [3.8, 4) is 39.5 Å². The first kappa shape index (κ1) is 32.6. The molecule has 1 N–H and O–H groups in total. The number of methoxy groups -OCH3 is 2. The first-order valence-electron chi connectivity index (χ1n) is 14.4. The number of hydrogen-bond acceptors (Lipinski definition) is 6. The number of carbonyl (C=O) groups excluding carboxylic acids is 2. The number of carbonyl (C=O) groups is 2. The fraction of sp³-hybridized carbons (Fsp3) is 0.194. The number of hydrogen-bond donors (Lipinski definition) is 1. The lowest BCUT2D eigenvalue weighted by molar-refractivity contribution is 0.0598. The van der Waals surface area contributed by atoms with E-state index in [1.54, 1.807) is 58.2 Å². The zero-order chi connectivity index (χ0) is 33.0. The third-order valence-corrected chi connectivity index (χ3v) is 7.57. The van der Waals surface area contributed by atoms with Crippen molar-refractivity contribution in [3.05, 3.63) is 112 Å². The Kier molecular flexibility index (Phi) is 9.70. The van der Waals surface area contributed by atoms with Crippen molar-refractivity contribution in [2.24, 2.45) is 0 Å². The molecule has 4 aromatic carbocycles. The molecule has 0 aliphatic heterocycles. The van der Waals surface area contributed by atoms with E-state index >= 15 is 0 Å². The minimum absolute atomic E-state index is 0.388. The van der Waals surface area contributed by atoms with Crippen LogP contribution in [0, 0.1) is 0 Å². The smallest absolute Gasteiger partial charge is 0.412 e. The van der Waals surface area contributed by atoms with Gasteiger partial charge in [0.05, 0.1) is 36.2 Å². The van der Waals surface area contributed by atoms with Crippen LogP contribution in [0.1, 0.15) is 36.7 Å². The number of aromatic nitrogens is 2. The van der Waals surface area contributed by atoms with Crippen molar-refractivity contribution < 1.29 is 23.8 Å². The Labute approximate surface area is 277 Å². The predicted octanol–water partition coefficient (Wildman–Crippen LogP) is 9.38. The summed E-state index contributed by atoms with van der Waals surface area (Å²) in [5.74, 6) is 0.853. The molecule has 0 aliphatic carbocycles. The molecule has 0 saturated heterocycles. The predicted molar refractivity (Wildman–Crippen MR) is 182 cm³/mol. The summed E-state index contributed by atoms with van der Waals surface area (Å²) in [4.78, 5) is 29.2. The fourth-order valence-corrected chi connectivity index (χ4v) is 5.36. The molecule has 1 aromatic heterocycles. The highest BCUT2D eigenvalue weighted by Gasteiger charge is 2.19. The van der Waals surface area contributed by atoms with Crippen LogP contribution in [0.3, 0.4) is 0 Å². The van der Waals surface area contributed by atoms with Crippen LogP contribution in [0.5, 0.6) is 5.75 Å². The molecule has 5 aromatic rings. The van der Waals surface area contributed by atoms with Crippen LogP contribution in [0.25, 0.3) is 33.8 Å². The van der Waals surface area contributed by atoms with E-state index in [1.807, 2.05) is 65.4 Å². The van der Waals surface area contributed by atoms with Crippen molar-refractivity contribution in [1.82, 2.24) is 9.55 Å². The molecule has 10 heteroatoms. The fourth-order valence-electron chi connectivity index (χ4n) is 4.85. The molecule has 0 bridgehead atoms. The van der Waals surface area contributed by atoms with Crippen LogP contribution in [-0.4, -0.2) is 41.4 Å². The van der Waals surface area contributed by atoms with E-state index in [4.69, 9.17) is 42.4 Å². The Morgan fingerprint density at radius 2 is 1.52 bits per heavy atom. The summed E-state index contributed by atoms with van der Waals surface area (Å²) in [7, 11) is 2.91. The van der Waals surface area contributed by atoms with Gasteiger partial charge in [0.1, 0.15) is 17.2 Å². The number of anilines is 1. The molecule has 46 heavy (non-hydrogen) atoms. The summed E-state index contributed by atoms with van der Waals surface area (Å²) >= 11 is 12.7. The van der Waals surface area contributed by atoms with E-state index < -0.39 is 11.7 Å². The second kappa shape index (κ2) is 13.7. The van der Waals surface area contributed by atoms with E-state index in [0.717, 1.165) is 33.6 Å².